The number of rotatable bonds is 2. The average Bonchev–Trinajstić information content (AvgIpc) is 3.30. The highest BCUT2D eigenvalue weighted by Crippen LogP contribution is 2.41. The van der Waals surface area contributed by atoms with Crippen molar-refractivity contribution in [3.63, 3.8) is 0 Å². The summed E-state index contributed by atoms with van der Waals surface area (Å²) in [6.45, 7) is 0.870. The second kappa shape index (κ2) is 6.09. The molecule has 142 valence electrons. The van der Waals surface area contributed by atoms with Crippen molar-refractivity contribution in [2.75, 3.05) is 7.11 Å². The van der Waals surface area contributed by atoms with E-state index in [0.717, 1.165) is 51.6 Å². The van der Waals surface area contributed by atoms with Gasteiger partial charge in [-0.3, -0.25) is 0 Å². The third kappa shape index (κ3) is 2.41. The summed E-state index contributed by atoms with van der Waals surface area (Å²) in [5, 5.41) is 3.69. The van der Waals surface area contributed by atoms with Crippen molar-refractivity contribution in [1.29, 1.82) is 0 Å². The van der Waals surface area contributed by atoms with Gasteiger partial charge in [0.15, 0.2) is 4.77 Å². The smallest absolute Gasteiger partial charge is 0.178 e. The first-order valence-corrected chi connectivity index (χ1v) is 10.1. The zero-order valence-corrected chi connectivity index (χ0v) is 16.8. The molecule has 29 heavy (non-hydrogen) atoms. The van der Waals surface area contributed by atoms with E-state index in [1.807, 2.05) is 6.07 Å². The number of benzene rings is 3. The highest BCUT2D eigenvalue weighted by molar-refractivity contribution is 7.71. The number of fused-ring (bicyclic) bond motifs is 6. The van der Waals surface area contributed by atoms with Gasteiger partial charge in [0, 0.05) is 23.0 Å². The Bertz CT molecular complexity index is 1470. The van der Waals surface area contributed by atoms with Gasteiger partial charge in [0.05, 0.1) is 24.2 Å². The van der Waals surface area contributed by atoms with Crippen molar-refractivity contribution in [3.8, 4) is 28.4 Å². The predicted octanol–water partition coefficient (Wildman–Crippen LogP) is 6.08. The summed E-state index contributed by atoms with van der Waals surface area (Å²) in [5.41, 5.74) is 6.96. The van der Waals surface area contributed by atoms with E-state index in [9.17, 15) is 0 Å². The number of aromatic nitrogens is 3. The van der Waals surface area contributed by atoms with E-state index in [0.29, 0.717) is 0 Å². The van der Waals surface area contributed by atoms with Crippen LogP contribution in [0.5, 0.6) is 5.75 Å². The Balaban J connectivity index is 1.62. The molecule has 0 unspecified atom stereocenters. The number of aryl methyl sites for hydroxylation is 1. The average molecular weight is 398 g/mol. The van der Waals surface area contributed by atoms with Gasteiger partial charge in [0.2, 0.25) is 0 Å². The Kier molecular flexibility index (Phi) is 3.49. The van der Waals surface area contributed by atoms with E-state index in [2.05, 4.69) is 69.1 Å². The molecule has 3 aromatic carbocycles. The van der Waals surface area contributed by atoms with Crippen LogP contribution < -0.4 is 4.74 Å². The van der Waals surface area contributed by atoms with Crippen LogP contribution >= 0.6 is 12.2 Å². The molecular formula is C24H19N3OS. The zero-order chi connectivity index (χ0) is 19.5. The molecule has 0 atom stereocenters. The number of ether oxygens (including phenoxy) is 1. The van der Waals surface area contributed by atoms with Crippen LogP contribution in [0, 0.1) is 4.77 Å². The Morgan fingerprint density at radius 2 is 1.79 bits per heavy atom. The van der Waals surface area contributed by atoms with Crippen molar-refractivity contribution in [2.45, 2.75) is 13.0 Å². The minimum absolute atomic E-state index is 0.769. The van der Waals surface area contributed by atoms with Gasteiger partial charge >= 0.3 is 0 Å². The minimum Gasteiger partial charge on any atom is -0.497 e. The van der Waals surface area contributed by atoms with Crippen molar-refractivity contribution in [3.05, 3.63) is 71.0 Å². The van der Waals surface area contributed by atoms with E-state index in [1.54, 1.807) is 7.11 Å². The van der Waals surface area contributed by atoms with Crippen LogP contribution in [0.1, 0.15) is 5.56 Å². The molecule has 1 aliphatic heterocycles. The lowest BCUT2D eigenvalue weighted by Gasteiger charge is -2.17. The maximum atomic E-state index is 5.68. The maximum absolute atomic E-state index is 5.68. The molecule has 0 spiro atoms. The molecule has 2 N–H and O–H groups in total. The highest BCUT2D eigenvalue weighted by Gasteiger charge is 2.26. The lowest BCUT2D eigenvalue weighted by molar-refractivity contribution is 0.415. The number of aromatic amines is 2. The molecule has 0 saturated heterocycles. The summed E-state index contributed by atoms with van der Waals surface area (Å²) in [5.74, 6) is 0.880. The number of H-pyrrole nitrogens is 2. The van der Waals surface area contributed by atoms with Gasteiger partial charge in [0.25, 0.3) is 0 Å². The van der Waals surface area contributed by atoms with Crippen LogP contribution in [0.2, 0.25) is 0 Å². The second-order valence-electron chi connectivity index (χ2n) is 7.51. The number of methoxy groups -OCH3 is 1. The zero-order valence-electron chi connectivity index (χ0n) is 16.0. The lowest BCUT2D eigenvalue weighted by atomic mass is 9.98. The van der Waals surface area contributed by atoms with E-state index < -0.39 is 0 Å². The summed E-state index contributed by atoms with van der Waals surface area (Å²) >= 11 is 5.68. The van der Waals surface area contributed by atoms with Gasteiger partial charge in [-0.05, 0) is 59.2 Å². The van der Waals surface area contributed by atoms with Crippen molar-refractivity contribution < 1.29 is 4.74 Å². The molecule has 0 saturated carbocycles. The minimum atomic E-state index is 0.769. The van der Waals surface area contributed by atoms with Gasteiger partial charge < -0.3 is 19.3 Å². The first-order chi connectivity index (χ1) is 14.2. The molecule has 0 fully saturated rings. The Morgan fingerprint density at radius 3 is 2.66 bits per heavy atom. The van der Waals surface area contributed by atoms with Gasteiger partial charge in [-0.25, -0.2) is 0 Å². The molecule has 0 bridgehead atoms. The van der Waals surface area contributed by atoms with Crippen LogP contribution in [0.3, 0.4) is 0 Å². The maximum Gasteiger partial charge on any atom is 0.178 e. The van der Waals surface area contributed by atoms with Crippen molar-refractivity contribution in [2.24, 2.45) is 0 Å². The van der Waals surface area contributed by atoms with Crippen LogP contribution in [0.25, 0.3) is 44.3 Å². The molecule has 6 rings (SSSR count). The summed E-state index contributed by atoms with van der Waals surface area (Å²) in [7, 11) is 1.71. The normalized spacial score (nSPS) is 12.9. The van der Waals surface area contributed by atoms with Crippen LogP contribution in [-0.4, -0.2) is 21.6 Å². The molecule has 0 amide bonds. The van der Waals surface area contributed by atoms with E-state index in [-0.39, 0.29) is 0 Å². The van der Waals surface area contributed by atoms with E-state index >= 15 is 0 Å². The molecule has 2 aromatic heterocycles. The SMILES string of the molecule is COc1ccc2[nH]c3c(c2c1)CCn1c-3c(-c2ccc3ccccc3c2)[nH]c1=S. The number of hydrogen-bond donors (Lipinski definition) is 2. The molecule has 1 aliphatic rings. The van der Waals surface area contributed by atoms with Crippen LogP contribution in [0.15, 0.2) is 60.7 Å². The van der Waals surface area contributed by atoms with E-state index in [4.69, 9.17) is 17.0 Å². The number of nitrogens with zero attached hydrogens (tertiary/aromatic N) is 1. The lowest BCUT2D eigenvalue weighted by Crippen LogP contribution is -2.10. The monoisotopic (exact) mass is 397 g/mol. The third-order valence-electron chi connectivity index (χ3n) is 5.96. The predicted molar refractivity (Wildman–Crippen MR) is 120 cm³/mol. The fraction of sp³-hybridized carbons (Fsp3) is 0.125. The first kappa shape index (κ1) is 16.6. The van der Waals surface area contributed by atoms with Crippen LogP contribution in [-0.2, 0) is 13.0 Å². The summed E-state index contributed by atoms with van der Waals surface area (Å²) in [4.78, 5) is 7.12. The Morgan fingerprint density at radius 1 is 0.931 bits per heavy atom. The summed E-state index contributed by atoms with van der Waals surface area (Å²) in [6, 6.07) is 21.2. The molecule has 3 heterocycles. The fourth-order valence-corrected chi connectivity index (χ4v) is 4.82. The number of nitrogens with one attached hydrogen (secondary N) is 2. The van der Waals surface area contributed by atoms with Crippen molar-refractivity contribution in [1.82, 2.24) is 14.5 Å². The summed E-state index contributed by atoms with van der Waals surface area (Å²) in [6.07, 6.45) is 0.943. The molecule has 5 heteroatoms. The molecular weight excluding hydrogens is 378 g/mol. The van der Waals surface area contributed by atoms with Gasteiger partial charge in [-0.15, -0.1) is 0 Å². The van der Waals surface area contributed by atoms with Gasteiger partial charge in [0.1, 0.15) is 5.75 Å². The molecule has 4 nitrogen and oxygen atoms in total. The standard InChI is InChI=1S/C24H19N3OS/c1-28-17-8-9-20-19(13-17)18-10-11-27-23(22(18)25-20)21(26-24(27)29)16-7-6-14-4-2-3-5-15(14)12-16/h2-9,12-13,25H,10-11H2,1H3,(H,26,29). The molecule has 0 aliphatic carbocycles. The second-order valence-corrected chi connectivity index (χ2v) is 7.89. The van der Waals surface area contributed by atoms with Gasteiger partial charge in [-0.1, -0.05) is 36.4 Å². The molecule has 0 radical (unpaired) electrons. The Hall–Kier alpha value is -3.31. The van der Waals surface area contributed by atoms with E-state index in [1.165, 1.54) is 21.7 Å². The fourth-order valence-electron chi connectivity index (χ4n) is 4.54. The first-order valence-electron chi connectivity index (χ1n) is 9.74. The highest BCUT2D eigenvalue weighted by atomic mass is 32.1. The molecule has 5 aromatic rings. The largest absolute Gasteiger partial charge is 0.497 e. The Labute approximate surface area is 172 Å². The van der Waals surface area contributed by atoms with Crippen LogP contribution in [0.4, 0.5) is 0 Å². The number of hydrogen-bond acceptors (Lipinski definition) is 2. The van der Waals surface area contributed by atoms with Crippen molar-refractivity contribution >= 4 is 33.9 Å². The quantitative estimate of drug-likeness (QED) is 0.355. The number of imidazole rings is 1. The topological polar surface area (TPSA) is 45.7 Å². The summed E-state index contributed by atoms with van der Waals surface area (Å²) < 4.78 is 8.43. The van der Waals surface area contributed by atoms with Gasteiger partial charge in [-0.2, -0.15) is 0 Å². The third-order valence-corrected chi connectivity index (χ3v) is 6.28.